The van der Waals surface area contributed by atoms with Crippen molar-refractivity contribution in [1.29, 1.82) is 5.26 Å². The Kier molecular flexibility index (Phi) is 5.71. The van der Waals surface area contributed by atoms with E-state index < -0.39 is 0 Å². The van der Waals surface area contributed by atoms with Gasteiger partial charge in [-0.15, -0.1) is 0 Å². The molecule has 146 valence electrons. The molecule has 3 aromatic rings. The second-order valence-electron chi connectivity index (χ2n) is 7.58. The molecule has 4 rings (SSSR count). The fourth-order valence-electron chi connectivity index (χ4n) is 3.93. The summed E-state index contributed by atoms with van der Waals surface area (Å²) in [7, 11) is 0. The maximum atomic E-state index is 12.8. The van der Waals surface area contributed by atoms with Crippen LogP contribution in [0.1, 0.15) is 35.2 Å². The number of nitrogens with zero attached hydrogens (tertiary/aromatic N) is 4. The first-order valence-corrected chi connectivity index (χ1v) is 10.0. The van der Waals surface area contributed by atoms with Crippen LogP contribution in [-0.2, 0) is 24.3 Å². The van der Waals surface area contributed by atoms with Crippen LogP contribution in [0.25, 0.3) is 0 Å². The molecule has 1 aliphatic heterocycles. The van der Waals surface area contributed by atoms with Crippen LogP contribution in [0.4, 0.5) is 0 Å². The number of carbonyl (C=O) groups is 1. The number of likely N-dealkylation sites (tertiary alicyclic amines) is 1. The van der Waals surface area contributed by atoms with Crippen molar-refractivity contribution in [2.75, 3.05) is 6.54 Å². The molecule has 0 radical (unpaired) electrons. The van der Waals surface area contributed by atoms with Gasteiger partial charge in [-0.05, 0) is 36.1 Å². The topological polar surface area (TPSA) is 61.9 Å². The van der Waals surface area contributed by atoms with Gasteiger partial charge < -0.3 is 9.47 Å². The van der Waals surface area contributed by atoms with Crippen molar-refractivity contribution in [1.82, 2.24) is 14.5 Å². The fourth-order valence-corrected chi connectivity index (χ4v) is 3.93. The third-order valence-corrected chi connectivity index (χ3v) is 5.61. The Hall–Kier alpha value is -3.39. The average Bonchev–Trinajstić information content (AvgIpc) is 3.34. The van der Waals surface area contributed by atoms with Crippen LogP contribution in [0.5, 0.6) is 0 Å². The van der Waals surface area contributed by atoms with Crippen molar-refractivity contribution in [2.45, 2.75) is 32.4 Å². The van der Waals surface area contributed by atoms with Crippen molar-refractivity contribution in [2.24, 2.45) is 5.92 Å². The number of benzene rings is 2. The Balaban J connectivity index is 1.33. The molecular formula is C24H24N4O. The second kappa shape index (κ2) is 8.74. The normalized spacial score (nSPS) is 16.2. The summed E-state index contributed by atoms with van der Waals surface area (Å²) in [6.45, 7) is 2.33. The van der Waals surface area contributed by atoms with Gasteiger partial charge in [-0.3, -0.25) is 4.79 Å². The molecule has 1 unspecified atom stereocenters. The van der Waals surface area contributed by atoms with Crippen molar-refractivity contribution in [3.8, 4) is 6.07 Å². The van der Waals surface area contributed by atoms with Crippen LogP contribution in [0.3, 0.4) is 0 Å². The van der Waals surface area contributed by atoms with Gasteiger partial charge in [0, 0.05) is 43.9 Å². The van der Waals surface area contributed by atoms with Crippen LogP contribution in [0.2, 0.25) is 0 Å². The first-order chi connectivity index (χ1) is 14.2. The van der Waals surface area contributed by atoms with Gasteiger partial charge in [0.25, 0.3) is 0 Å². The Morgan fingerprint density at radius 3 is 2.62 bits per heavy atom. The Morgan fingerprint density at radius 1 is 1.07 bits per heavy atom. The van der Waals surface area contributed by atoms with Crippen LogP contribution >= 0.6 is 0 Å². The summed E-state index contributed by atoms with van der Waals surface area (Å²) < 4.78 is 2.14. The van der Waals surface area contributed by atoms with Gasteiger partial charge in [-0.1, -0.05) is 42.5 Å². The van der Waals surface area contributed by atoms with Gasteiger partial charge in [-0.25, -0.2) is 4.98 Å². The van der Waals surface area contributed by atoms with Crippen LogP contribution in [0, 0.1) is 17.2 Å². The summed E-state index contributed by atoms with van der Waals surface area (Å²) in [4.78, 5) is 19.1. The van der Waals surface area contributed by atoms with Gasteiger partial charge in [0.05, 0.1) is 18.0 Å². The molecule has 0 aliphatic carbocycles. The molecule has 1 saturated heterocycles. The second-order valence-corrected chi connectivity index (χ2v) is 7.58. The summed E-state index contributed by atoms with van der Waals surface area (Å²) in [5, 5.41) is 8.93. The number of imidazole rings is 1. The average molecular weight is 384 g/mol. The van der Waals surface area contributed by atoms with E-state index in [0.29, 0.717) is 12.1 Å². The fraction of sp³-hybridized carbons (Fsp3) is 0.292. The number of hydrogen-bond donors (Lipinski definition) is 0. The number of rotatable bonds is 7. The van der Waals surface area contributed by atoms with E-state index in [4.69, 9.17) is 5.26 Å². The third-order valence-electron chi connectivity index (χ3n) is 5.61. The van der Waals surface area contributed by atoms with E-state index in [2.05, 4.69) is 27.8 Å². The maximum absolute atomic E-state index is 12.8. The Morgan fingerprint density at radius 2 is 1.86 bits per heavy atom. The van der Waals surface area contributed by atoms with Gasteiger partial charge in [0.2, 0.25) is 5.91 Å². The van der Waals surface area contributed by atoms with E-state index in [9.17, 15) is 4.79 Å². The zero-order chi connectivity index (χ0) is 20.1. The molecule has 1 fully saturated rings. The highest BCUT2D eigenvalue weighted by Gasteiger charge is 2.31. The van der Waals surface area contributed by atoms with E-state index in [1.807, 2.05) is 59.9 Å². The molecule has 1 aliphatic rings. The predicted molar refractivity (Wildman–Crippen MR) is 111 cm³/mol. The van der Waals surface area contributed by atoms with E-state index >= 15 is 0 Å². The highest BCUT2D eigenvalue weighted by molar-refractivity contribution is 5.80. The molecule has 1 amide bonds. The van der Waals surface area contributed by atoms with Gasteiger partial charge in [0.15, 0.2) is 0 Å². The van der Waals surface area contributed by atoms with Gasteiger partial charge >= 0.3 is 0 Å². The largest absolute Gasteiger partial charge is 0.338 e. The first kappa shape index (κ1) is 18.9. The number of hydrogen-bond acceptors (Lipinski definition) is 3. The maximum Gasteiger partial charge on any atom is 0.226 e. The van der Waals surface area contributed by atoms with Crippen molar-refractivity contribution in [3.63, 3.8) is 0 Å². The van der Waals surface area contributed by atoms with Crippen molar-refractivity contribution >= 4 is 5.91 Å². The highest BCUT2D eigenvalue weighted by Crippen LogP contribution is 2.24. The van der Waals surface area contributed by atoms with Crippen molar-refractivity contribution < 1.29 is 4.79 Å². The Labute approximate surface area is 171 Å². The molecule has 29 heavy (non-hydrogen) atoms. The van der Waals surface area contributed by atoms with Gasteiger partial charge in [-0.2, -0.15) is 5.26 Å². The molecule has 0 N–H and O–H groups in total. The number of nitriles is 1. The molecular weight excluding hydrogens is 360 g/mol. The van der Waals surface area contributed by atoms with E-state index in [0.717, 1.165) is 43.6 Å². The zero-order valence-corrected chi connectivity index (χ0v) is 16.4. The lowest BCUT2D eigenvalue weighted by Crippen LogP contribution is -2.27. The molecule has 1 aromatic heterocycles. The molecule has 1 atom stereocenters. The van der Waals surface area contributed by atoms with E-state index in [1.54, 1.807) is 0 Å². The van der Waals surface area contributed by atoms with Crippen LogP contribution < -0.4 is 0 Å². The minimum Gasteiger partial charge on any atom is -0.338 e. The minimum atomic E-state index is 0.0869. The molecule has 5 heteroatoms. The van der Waals surface area contributed by atoms with E-state index in [-0.39, 0.29) is 11.8 Å². The zero-order valence-electron chi connectivity index (χ0n) is 16.4. The first-order valence-electron chi connectivity index (χ1n) is 10.0. The molecule has 5 nitrogen and oxygen atoms in total. The summed E-state index contributed by atoms with van der Waals surface area (Å²) in [6, 6.07) is 20.0. The number of aryl methyl sites for hydroxylation is 1. The molecule has 2 aromatic carbocycles. The monoisotopic (exact) mass is 384 g/mol. The Bertz CT molecular complexity index is 1000. The number of amides is 1. The lowest BCUT2D eigenvalue weighted by atomic mass is 10.0. The SMILES string of the molecule is N#Cc1ccc(Cc2cncn2CCC2CCN(Cc3ccccc3)C2=O)cc1. The summed E-state index contributed by atoms with van der Waals surface area (Å²) in [5.41, 5.74) is 4.13. The quantitative estimate of drug-likeness (QED) is 0.623. The van der Waals surface area contributed by atoms with Crippen LogP contribution in [-0.4, -0.2) is 26.9 Å². The summed E-state index contributed by atoms with van der Waals surface area (Å²) in [5.74, 6) is 0.353. The highest BCUT2D eigenvalue weighted by atomic mass is 16.2. The molecule has 2 heterocycles. The standard InChI is InChI=1S/C24H24N4O/c25-15-20-8-6-19(7-9-20)14-23-16-26-18-28(23)13-11-22-10-12-27(24(22)29)17-21-4-2-1-3-5-21/h1-9,16,18,22H,10-14,17H2. The summed E-state index contributed by atoms with van der Waals surface area (Å²) >= 11 is 0. The predicted octanol–water partition coefficient (Wildman–Crippen LogP) is 3.78. The number of aromatic nitrogens is 2. The number of carbonyl (C=O) groups excluding carboxylic acids is 1. The third kappa shape index (κ3) is 4.55. The lowest BCUT2D eigenvalue weighted by Gasteiger charge is -2.17. The van der Waals surface area contributed by atoms with Crippen molar-refractivity contribution in [3.05, 3.63) is 89.5 Å². The van der Waals surface area contributed by atoms with Crippen LogP contribution in [0.15, 0.2) is 67.1 Å². The van der Waals surface area contributed by atoms with E-state index in [1.165, 1.54) is 5.56 Å². The smallest absolute Gasteiger partial charge is 0.226 e. The summed E-state index contributed by atoms with van der Waals surface area (Å²) in [6.07, 6.45) is 6.26. The molecule has 0 spiro atoms. The molecule has 0 saturated carbocycles. The lowest BCUT2D eigenvalue weighted by molar-refractivity contribution is -0.131. The molecule has 0 bridgehead atoms. The minimum absolute atomic E-state index is 0.0869. The van der Waals surface area contributed by atoms with Gasteiger partial charge in [0.1, 0.15) is 0 Å².